The molecule has 0 radical (unpaired) electrons. The summed E-state index contributed by atoms with van der Waals surface area (Å²) < 4.78 is 18.8. The molecule has 1 aromatic heterocycles. The first kappa shape index (κ1) is 10.6. The van der Waals surface area contributed by atoms with Gasteiger partial charge in [-0.15, -0.1) is 11.3 Å². The van der Waals surface area contributed by atoms with Gasteiger partial charge in [0.15, 0.2) is 0 Å². The second-order valence-corrected chi connectivity index (χ2v) is 4.66. The molecule has 0 atom stereocenters. The van der Waals surface area contributed by atoms with E-state index in [9.17, 15) is 4.39 Å². The number of hydrogen-bond donors (Lipinski definition) is 0. The van der Waals surface area contributed by atoms with Gasteiger partial charge in [0.25, 0.3) is 0 Å². The van der Waals surface area contributed by atoms with Gasteiger partial charge >= 0.3 is 0 Å². The summed E-state index contributed by atoms with van der Waals surface area (Å²) in [5.41, 5.74) is 1.75. The van der Waals surface area contributed by atoms with Crippen molar-refractivity contribution in [1.82, 2.24) is 4.98 Å². The molecule has 78 valence electrons. The highest BCUT2D eigenvalue weighted by atomic mass is 79.9. The van der Waals surface area contributed by atoms with Gasteiger partial charge < -0.3 is 4.74 Å². The minimum absolute atomic E-state index is 0.292. The molecule has 0 unspecified atom stereocenters. The maximum absolute atomic E-state index is 12.9. The summed E-state index contributed by atoms with van der Waals surface area (Å²) in [6.45, 7) is 0.461. The lowest BCUT2D eigenvalue weighted by Crippen LogP contribution is -1.93. The van der Waals surface area contributed by atoms with Crippen LogP contribution in [0.1, 0.15) is 4.88 Å². The number of thiazole rings is 1. The van der Waals surface area contributed by atoms with Gasteiger partial charge in [0.1, 0.15) is 18.2 Å². The highest BCUT2D eigenvalue weighted by Gasteiger charge is 2.02. The van der Waals surface area contributed by atoms with Crippen molar-refractivity contribution in [1.29, 1.82) is 0 Å². The van der Waals surface area contributed by atoms with E-state index in [1.54, 1.807) is 23.8 Å². The van der Waals surface area contributed by atoms with Crippen LogP contribution in [-0.4, -0.2) is 4.98 Å². The molecule has 0 saturated heterocycles. The van der Waals surface area contributed by atoms with Crippen molar-refractivity contribution < 1.29 is 9.13 Å². The second-order valence-electron chi connectivity index (χ2n) is 2.83. The van der Waals surface area contributed by atoms with Gasteiger partial charge in [-0.1, -0.05) is 0 Å². The zero-order valence-corrected chi connectivity index (χ0v) is 10.0. The van der Waals surface area contributed by atoms with Gasteiger partial charge in [0, 0.05) is 6.20 Å². The molecule has 1 heterocycles. The summed E-state index contributed by atoms with van der Waals surface area (Å²) in [4.78, 5) is 4.97. The summed E-state index contributed by atoms with van der Waals surface area (Å²) >= 11 is 4.63. The largest absolute Gasteiger partial charge is 0.488 e. The normalized spacial score (nSPS) is 10.3. The molecule has 2 nitrogen and oxygen atoms in total. The minimum atomic E-state index is -0.292. The molecule has 0 aliphatic carbocycles. The van der Waals surface area contributed by atoms with Crippen molar-refractivity contribution in [3.8, 4) is 5.75 Å². The molecular formula is C10H7BrFNOS. The molecule has 15 heavy (non-hydrogen) atoms. The topological polar surface area (TPSA) is 22.1 Å². The SMILES string of the molecule is Fc1ccc(OCc2cncs2)cc1Br. The monoisotopic (exact) mass is 287 g/mol. The van der Waals surface area contributed by atoms with Crippen molar-refractivity contribution in [3.05, 3.63) is 45.1 Å². The number of halogens is 2. The average molecular weight is 288 g/mol. The first-order valence-electron chi connectivity index (χ1n) is 4.21. The van der Waals surface area contributed by atoms with Gasteiger partial charge in [0.2, 0.25) is 0 Å². The Hall–Kier alpha value is -0.940. The molecule has 0 amide bonds. The number of ether oxygens (including phenoxy) is 1. The molecule has 0 N–H and O–H groups in total. The van der Waals surface area contributed by atoms with Crippen LogP contribution in [0.4, 0.5) is 4.39 Å². The fourth-order valence-electron chi connectivity index (χ4n) is 1.03. The Balaban J connectivity index is 2.02. The van der Waals surface area contributed by atoms with Crippen LogP contribution >= 0.6 is 27.3 Å². The molecule has 0 saturated carbocycles. The minimum Gasteiger partial charge on any atom is -0.488 e. The van der Waals surface area contributed by atoms with E-state index in [0.29, 0.717) is 16.8 Å². The van der Waals surface area contributed by atoms with Crippen molar-refractivity contribution in [2.24, 2.45) is 0 Å². The van der Waals surface area contributed by atoms with Crippen LogP contribution in [0.3, 0.4) is 0 Å². The van der Waals surface area contributed by atoms with E-state index in [1.807, 2.05) is 0 Å². The van der Waals surface area contributed by atoms with Gasteiger partial charge in [-0.25, -0.2) is 4.39 Å². The molecule has 1 aromatic carbocycles. The molecule has 2 aromatic rings. The van der Waals surface area contributed by atoms with Crippen molar-refractivity contribution in [3.63, 3.8) is 0 Å². The van der Waals surface area contributed by atoms with Crippen LogP contribution < -0.4 is 4.74 Å². The molecule has 0 spiro atoms. The summed E-state index contributed by atoms with van der Waals surface area (Å²) in [5, 5.41) is 0. The molecule has 5 heteroatoms. The zero-order chi connectivity index (χ0) is 10.7. The van der Waals surface area contributed by atoms with Crippen LogP contribution in [0.5, 0.6) is 5.75 Å². The third-order valence-electron chi connectivity index (χ3n) is 1.76. The number of hydrogen-bond acceptors (Lipinski definition) is 3. The Morgan fingerprint density at radius 2 is 2.33 bits per heavy atom. The van der Waals surface area contributed by atoms with E-state index in [2.05, 4.69) is 20.9 Å². The Kier molecular flexibility index (Phi) is 3.33. The average Bonchev–Trinajstić information content (AvgIpc) is 2.73. The summed E-state index contributed by atoms with van der Waals surface area (Å²) in [7, 11) is 0. The van der Waals surface area contributed by atoms with Crippen LogP contribution in [0, 0.1) is 5.82 Å². The van der Waals surface area contributed by atoms with Crippen LogP contribution in [-0.2, 0) is 6.61 Å². The van der Waals surface area contributed by atoms with Gasteiger partial charge in [-0.2, -0.15) is 0 Å². The van der Waals surface area contributed by atoms with Gasteiger partial charge in [0.05, 0.1) is 14.9 Å². The predicted molar refractivity (Wildman–Crippen MR) is 60.5 cm³/mol. The number of benzene rings is 1. The molecule has 0 fully saturated rings. The fraction of sp³-hybridized carbons (Fsp3) is 0.100. The van der Waals surface area contributed by atoms with E-state index >= 15 is 0 Å². The second kappa shape index (κ2) is 4.72. The van der Waals surface area contributed by atoms with Crippen molar-refractivity contribution >= 4 is 27.3 Å². The zero-order valence-electron chi connectivity index (χ0n) is 7.61. The third-order valence-corrected chi connectivity index (χ3v) is 3.12. The van der Waals surface area contributed by atoms with E-state index in [-0.39, 0.29) is 5.82 Å². The quantitative estimate of drug-likeness (QED) is 0.860. The molecule has 0 aliphatic rings. The predicted octanol–water partition coefficient (Wildman–Crippen LogP) is 3.62. The Morgan fingerprint density at radius 3 is 3.00 bits per heavy atom. The lowest BCUT2D eigenvalue weighted by molar-refractivity contribution is 0.309. The number of nitrogens with zero attached hydrogens (tertiary/aromatic N) is 1. The highest BCUT2D eigenvalue weighted by molar-refractivity contribution is 9.10. The summed E-state index contributed by atoms with van der Waals surface area (Å²) in [6.07, 6.45) is 1.75. The van der Waals surface area contributed by atoms with Crippen LogP contribution in [0.2, 0.25) is 0 Å². The highest BCUT2D eigenvalue weighted by Crippen LogP contribution is 2.22. The number of rotatable bonds is 3. The maximum atomic E-state index is 12.9. The Morgan fingerprint density at radius 1 is 1.47 bits per heavy atom. The van der Waals surface area contributed by atoms with Crippen molar-refractivity contribution in [2.75, 3.05) is 0 Å². The fourth-order valence-corrected chi connectivity index (χ4v) is 1.90. The number of aromatic nitrogens is 1. The van der Waals surface area contributed by atoms with Crippen LogP contribution in [0.25, 0.3) is 0 Å². The molecule has 2 rings (SSSR count). The van der Waals surface area contributed by atoms with Crippen molar-refractivity contribution in [2.45, 2.75) is 6.61 Å². The Bertz CT molecular complexity index is 447. The third kappa shape index (κ3) is 2.76. The van der Waals surface area contributed by atoms with E-state index in [1.165, 1.54) is 17.4 Å². The van der Waals surface area contributed by atoms with E-state index < -0.39 is 0 Å². The lowest BCUT2D eigenvalue weighted by Gasteiger charge is -2.04. The molecular weight excluding hydrogens is 281 g/mol. The summed E-state index contributed by atoms with van der Waals surface area (Å²) in [6, 6.07) is 4.57. The van der Waals surface area contributed by atoms with Crippen LogP contribution in [0.15, 0.2) is 34.4 Å². The maximum Gasteiger partial charge on any atom is 0.137 e. The van der Waals surface area contributed by atoms with E-state index in [4.69, 9.17) is 4.74 Å². The smallest absolute Gasteiger partial charge is 0.137 e. The van der Waals surface area contributed by atoms with E-state index in [0.717, 1.165) is 4.88 Å². The molecule has 0 bridgehead atoms. The lowest BCUT2D eigenvalue weighted by atomic mass is 10.3. The first-order valence-corrected chi connectivity index (χ1v) is 5.88. The standard InChI is InChI=1S/C10H7BrFNOS/c11-9-3-7(1-2-10(9)12)14-5-8-4-13-6-15-8/h1-4,6H,5H2. The summed E-state index contributed by atoms with van der Waals surface area (Å²) in [5.74, 6) is 0.344. The van der Waals surface area contributed by atoms with Gasteiger partial charge in [-0.05, 0) is 34.1 Å². The van der Waals surface area contributed by atoms with Gasteiger partial charge in [-0.3, -0.25) is 4.98 Å². The Labute approximate surface area is 98.9 Å². The molecule has 0 aliphatic heterocycles. The first-order chi connectivity index (χ1) is 7.25.